The molecule has 0 aromatic rings. The number of halogens is 2. The summed E-state index contributed by atoms with van der Waals surface area (Å²) in [6.07, 6.45) is 4.21. The fourth-order valence-electron chi connectivity index (χ4n) is 1.07. The molecule has 16 heavy (non-hydrogen) atoms. The van der Waals surface area contributed by atoms with Gasteiger partial charge in [-0.25, -0.2) is 4.99 Å². The largest absolute Gasteiger partial charge is 0.473 e. The quantitative estimate of drug-likeness (QED) is 0.437. The van der Waals surface area contributed by atoms with Crippen molar-refractivity contribution in [3.8, 4) is 0 Å². The molecule has 1 aliphatic rings. The molecule has 2 nitrogen and oxygen atoms in total. The molecule has 0 bridgehead atoms. The molecule has 0 fully saturated rings. The topological polar surface area (TPSA) is 21.6 Å². The molecule has 2 unspecified atom stereocenters. The monoisotopic (exact) mass is 447 g/mol. The highest BCUT2D eigenvalue weighted by molar-refractivity contribution is 15.0. The third kappa shape index (κ3) is 5.65. The van der Waals surface area contributed by atoms with Gasteiger partial charge in [0.15, 0.2) is 0 Å². The highest BCUT2D eigenvalue weighted by Crippen LogP contribution is 2.13. The van der Waals surface area contributed by atoms with Crippen LogP contribution in [0, 0.1) is 0 Å². The number of aliphatic imine (C=N–C) groups is 1. The average molecular weight is 447 g/mol. The number of ether oxygens (including phenoxy) is 1. The molecule has 0 spiro atoms. The molecule has 0 saturated heterocycles. The SMILES string of the molecule is CC(C)=C(C)/C=C/C1=NC(C)C(C)O1.II. The minimum absolute atomic E-state index is 0.210. The van der Waals surface area contributed by atoms with E-state index >= 15 is 0 Å². The van der Waals surface area contributed by atoms with Crippen molar-refractivity contribution in [2.75, 3.05) is 0 Å². The van der Waals surface area contributed by atoms with Crippen LogP contribution in [-0.2, 0) is 4.74 Å². The molecule has 92 valence electrons. The molecule has 0 amide bonds. The Labute approximate surface area is 122 Å². The van der Waals surface area contributed by atoms with Gasteiger partial charge in [0.1, 0.15) is 6.10 Å². The number of rotatable bonds is 2. The van der Waals surface area contributed by atoms with Crippen LogP contribution in [0.3, 0.4) is 0 Å². The van der Waals surface area contributed by atoms with Crippen molar-refractivity contribution in [3.05, 3.63) is 23.3 Å². The van der Waals surface area contributed by atoms with Crippen molar-refractivity contribution in [2.24, 2.45) is 4.99 Å². The Hall–Kier alpha value is 0.410. The lowest BCUT2D eigenvalue weighted by molar-refractivity contribution is 0.220. The van der Waals surface area contributed by atoms with Crippen molar-refractivity contribution in [3.63, 3.8) is 0 Å². The first-order chi connectivity index (χ1) is 7.50. The van der Waals surface area contributed by atoms with Crippen molar-refractivity contribution in [1.82, 2.24) is 0 Å². The van der Waals surface area contributed by atoms with Gasteiger partial charge in [0.25, 0.3) is 0 Å². The lowest BCUT2D eigenvalue weighted by Crippen LogP contribution is -2.14. The Balaban J connectivity index is 0.00000106. The first-order valence-corrected chi connectivity index (χ1v) is 11.5. The van der Waals surface area contributed by atoms with E-state index in [2.05, 4.69) is 76.0 Å². The van der Waals surface area contributed by atoms with Crippen LogP contribution in [0.4, 0.5) is 0 Å². The maximum absolute atomic E-state index is 5.54. The molecule has 1 rings (SSSR count). The third-order valence-electron chi connectivity index (χ3n) is 2.58. The Bertz CT molecular complexity index is 304. The minimum atomic E-state index is 0.210. The van der Waals surface area contributed by atoms with Gasteiger partial charge in [-0.1, -0.05) is 17.2 Å². The summed E-state index contributed by atoms with van der Waals surface area (Å²) in [7, 11) is 0. The molecule has 2 atom stereocenters. The molecular weight excluding hydrogens is 428 g/mol. The first kappa shape index (κ1) is 16.4. The van der Waals surface area contributed by atoms with Gasteiger partial charge in [0.05, 0.1) is 6.04 Å². The predicted octanol–water partition coefficient (Wildman–Crippen LogP) is 4.88. The molecule has 0 aliphatic carbocycles. The zero-order chi connectivity index (χ0) is 12.7. The number of hydrogen-bond acceptors (Lipinski definition) is 2. The second-order valence-corrected chi connectivity index (χ2v) is 4.05. The highest BCUT2D eigenvalue weighted by Gasteiger charge is 2.20. The molecular formula is C12H19I2NO. The van der Waals surface area contributed by atoms with Crippen LogP contribution >= 0.6 is 37.2 Å². The van der Waals surface area contributed by atoms with E-state index < -0.39 is 0 Å². The maximum atomic E-state index is 5.54. The Morgan fingerprint density at radius 1 is 1.25 bits per heavy atom. The second-order valence-electron chi connectivity index (χ2n) is 4.05. The standard InChI is InChI=1S/C12H19NO.I2/c1-8(2)9(3)6-7-12-13-10(4)11(5)14-12;1-2/h6-7,10-11H,1-5H3;/b7-6+;. The Morgan fingerprint density at radius 2 is 1.81 bits per heavy atom. The molecule has 1 aliphatic heterocycles. The van der Waals surface area contributed by atoms with Crippen molar-refractivity contribution in [2.45, 2.75) is 46.8 Å². The first-order valence-electron chi connectivity index (χ1n) is 5.21. The maximum Gasteiger partial charge on any atom is 0.209 e. The number of hydrogen-bond donors (Lipinski definition) is 0. The molecule has 4 heteroatoms. The zero-order valence-corrected chi connectivity index (χ0v) is 14.7. The van der Waals surface area contributed by atoms with E-state index in [1.807, 2.05) is 13.0 Å². The van der Waals surface area contributed by atoms with E-state index in [0.29, 0.717) is 0 Å². The van der Waals surface area contributed by atoms with Crippen LogP contribution in [0.1, 0.15) is 34.6 Å². The zero-order valence-electron chi connectivity index (χ0n) is 10.4. The summed E-state index contributed by atoms with van der Waals surface area (Å²) in [5.74, 6) is 0.755. The molecule has 0 aromatic carbocycles. The van der Waals surface area contributed by atoms with Crippen LogP contribution < -0.4 is 0 Å². The van der Waals surface area contributed by atoms with Crippen LogP contribution in [0.2, 0.25) is 0 Å². The highest BCUT2D eigenvalue weighted by atomic mass is 128. The van der Waals surface area contributed by atoms with Gasteiger partial charge < -0.3 is 4.74 Å². The average Bonchev–Trinajstić information content (AvgIpc) is 2.58. The van der Waals surface area contributed by atoms with Crippen molar-refractivity contribution >= 4 is 43.1 Å². The third-order valence-corrected chi connectivity index (χ3v) is 2.58. The van der Waals surface area contributed by atoms with Gasteiger partial charge in [-0.15, -0.1) is 0 Å². The van der Waals surface area contributed by atoms with Gasteiger partial charge in [-0.3, -0.25) is 0 Å². The van der Waals surface area contributed by atoms with Gasteiger partial charge in [-0.2, -0.15) is 0 Å². The molecule has 0 aromatic heterocycles. The summed E-state index contributed by atoms with van der Waals surface area (Å²) in [5, 5.41) is 0. The van der Waals surface area contributed by atoms with E-state index in [9.17, 15) is 0 Å². The normalized spacial score (nSPS) is 23.3. The van der Waals surface area contributed by atoms with E-state index in [1.165, 1.54) is 11.1 Å². The van der Waals surface area contributed by atoms with Gasteiger partial charge in [0, 0.05) is 43.3 Å². The fourth-order valence-corrected chi connectivity index (χ4v) is 1.07. The van der Waals surface area contributed by atoms with Crippen LogP contribution in [-0.4, -0.2) is 18.0 Å². The minimum Gasteiger partial charge on any atom is -0.473 e. The summed E-state index contributed by atoms with van der Waals surface area (Å²) < 4.78 is 5.54. The van der Waals surface area contributed by atoms with Gasteiger partial charge in [0.2, 0.25) is 5.90 Å². The van der Waals surface area contributed by atoms with Crippen LogP contribution in [0.5, 0.6) is 0 Å². The lowest BCUT2D eigenvalue weighted by Gasteiger charge is -2.05. The summed E-state index contributed by atoms with van der Waals surface area (Å²) in [6, 6.07) is 0.279. The molecule has 0 N–H and O–H groups in total. The Morgan fingerprint density at radius 3 is 2.19 bits per heavy atom. The number of allylic oxidation sites excluding steroid dienone is 3. The summed E-state index contributed by atoms with van der Waals surface area (Å²) in [5.41, 5.74) is 2.59. The number of nitrogens with zero attached hydrogens (tertiary/aromatic N) is 1. The van der Waals surface area contributed by atoms with Crippen LogP contribution in [0.15, 0.2) is 28.3 Å². The molecule has 0 radical (unpaired) electrons. The van der Waals surface area contributed by atoms with Crippen molar-refractivity contribution < 1.29 is 4.74 Å². The summed E-state index contributed by atoms with van der Waals surface area (Å²) in [6.45, 7) is 10.4. The van der Waals surface area contributed by atoms with Crippen LogP contribution in [0.25, 0.3) is 0 Å². The van der Waals surface area contributed by atoms with E-state index in [0.717, 1.165) is 5.90 Å². The smallest absolute Gasteiger partial charge is 0.209 e. The van der Waals surface area contributed by atoms with Gasteiger partial charge in [-0.05, 0) is 34.6 Å². The predicted molar refractivity (Wildman–Crippen MR) is 88.7 cm³/mol. The fraction of sp³-hybridized carbons (Fsp3) is 0.583. The Kier molecular flexibility index (Phi) is 8.71. The lowest BCUT2D eigenvalue weighted by atomic mass is 10.2. The van der Waals surface area contributed by atoms with E-state index in [-0.39, 0.29) is 12.1 Å². The summed E-state index contributed by atoms with van der Waals surface area (Å²) >= 11 is 4.24. The summed E-state index contributed by atoms with van der Waals surface area (Å²) in [4.78, 5) is 4.39. The van der Waals surface area contributed by atoms with Gasteiger partial charge >= 0.3 is 0 Å². The van der Waals surface area contributed by atoms with E-state index in [1.54, 1.807) is 0 Å². The molecule has 0 saturated carbocycles. The van der Waals surface area contributed by atoms with Crippen molar-refractivity contribution in [1.29, 1.82) is 0 Å². The molecule has 1 heterocycles. The second kappa shape index (κ2) is 8.49. The van der Waals surface area contributed by atoms with E-state index in [4.69, 9.17) is 4.74 Å².